The molecule has 0 aliphatic heterocycles. The first-order chi connectivity index (χ1) is 10.6. The number of carbonyl (C=O) groups is 1. The summed E-state index contributed by atoms with van der Waals surface area (Å²) in [5, 5.41) is 8.60. The predicted molar refractivity (Wildman–Crippen MR) is 87.1 cm³/mol. The van der Waals surface area contributed by atoms with E-state index in [2.05, 4.69) is 21.5 Å². The molecule has 1 N–H and O–H groups in total. The highest BCUT2D eigenvalue weighted by Gasteiger charge is 2.20. The molecule has 0 unspecified atom stereocenters. The molecule has 0 saturated heterocycles. The van der Waals surface area contributed by atoms with Gasteiger partial charge in [0.25, 0.3) is 0 Å². The zero-order chi connectivity index (χ0) is 16.1. The van der Waals surface area contributed by atoms with E-state index in [4.69, 9.17) is 4.74 Å². The number of nitrogens with one attached hydrogen (secondary N) is 1. The second kappa shape index (κ2) is 7.06. The van der Waals surface area contributed by atoms with Crippen molar-refractivity contribution in [3.63, 3.8) is 0 Å². The van der Waals surface area contributed by atoms with Crippen LogP contribution in [0.5, 0.6) is 0 Å². The number of carbonyl (C=O) groups excluding carboxylic acids is 1. The summed E-state index contributed by atoms with van der Waals surface area (Å²) in [5.74, 6) is -0.367. The van der Waals surface area contributed by atoms with E-state index in [0.717, 1.165) is 35.4 Å². The average molecular weight is 302 g/mol. The van der Waals surface area contributed by atoms with Gasteiger partial charge < -0.3 is 10.1 Å². The molecule has 0 amide bonds. The summed E-state index contributed by atoms with van der Waals surface area (Å²) in [4.78, 5) is 16.5. The van der Waals surface area contributed by atoms with E-state index < -0.39 is 0 Å². The molecule has 0 radical (unpaired) electrons. The molecule has 0 bridgehead atoms. The largest absolute Gasteiger partial charge is 0.462 e. The molecule has 0 aliphatic carbocycles. The summed E-state index contributed by atoms with van der Waals surface area (Å²) in [6, 6.07) is 0. The fourth-order valence-corrected chi connectivity index (χ4v) is 2.41. The highest BCUT2D eigenvalue weighted by atomic mass is 16.5. The van der Waals surface area contributed by atoms with Crippen molar-refractivity contribution in [1.29, 1.82) is 0 Å². The molecule has 22 heavy (non-hydrogen) atoms. The van der Waals surface area contributed by atoms with E-state index in [1.807, 2.05) is 27.0 Å². The second-order valence-corrected chi connectivity index (χ2v) is 4.96. The van der Waals surface area contributed by atoms with Crippen LogP contribution in [0, 0.1) is 6.92 Å². The van der Waals surface area contributed by atoms with Crippen LogP contribution in [0.2, 0.25) is 0 Å². The summed E-state index contributed by atoms with van der Waals surface area (Å²) < 4.78 is 6.85. The number of anilines is 1. The highest BCUT2D eigenvalue weighted by Crippen LogP contribution is 2.29. The summed E-state index contributed by atoms with van der Waals surface area (Å²) in [7, 11) is 1.84. The van der Waals surface area contributed by atoms with Crippen molar-refractivity contribution >= 4 is 22.7 Å². The van der Waals surface area contributed by atoms with Gasteiger partial charge >= 0.3 is 5.97 Å². The minimum absolute atomic E-state index is 0.334. The van der Waals surface area contributed by atoms with Crippen molar-refractivity contribution in [2.24, 2.45) is 7.05 Å². The van der Waals surface area contributed by atoms with E-state index in [-0.39, 0.29) is 5.97 Å². The number of fused-ring (bicyclic) bond motifs is 1. The second-order valence-electron chi connectivity index (χ2n) is 4.96. The lowest BCUT2D eigenvalue weighted by atomic mass is 10.1. The van der Waals surface area contributed by atoms with Crippen LogP contribution in [0.4, 0.5) is 5.69 Å². The Bertz CT molecular complexity index is 704. The lowest BCUT2D eigenvalue weighted by Gasteiger charge is -2.12. The van der Waals surface area contributed by atoms with Crippen LogP contribution in [0.3, 0.4) is 0 Å². The number of aromatic nitrogens is 3. The Morgan fingerprint density at radius 2 is 2.27 bits per heavy atom. The molecule has 0 atom stereocenters. The average Bonchev–Trinajstić information content (AvgIpc) is 2.79. The lowest BCUT2D eigenvalue weighted by molar-refractivity contribution is 0.0527. The first-order valence-corrected chi connectivity index (χ1v) is 7.44. The molecule has 0 spiro atoms. The van der Waals surface area contributed by atoms with Crippen LogP contribution in [0.25, 0.3) is 11.0 Å². The number of rotatable bonds is 6. The van der Waals surface area contributed by atoms with Crippen molar-refractivity contribution in [2.45, 2.75) is 27.2 Å². The number of hydrogen-bond acceptors (Lipinski definition) is 5. The third kappa shape index (κ3) is 3.10. The molecular formula is C16H22N4O2. The van der Waals surface area contributed by atoms with Crippen LogP contribution < -0.4 is 5.32 Å². The molecule has 118 valence electrons. The molecule has 2 rings (SSSR count). The van der Waals surface area contributed by atoms with Gasteiger partial charge in [0, 0.05) is 19.8 Å². The van der Waals surface area contributed by atoms with Gasteiger partial charge in [-0.3, -0.25) is 4.68 Å². The summed E-state index contributed by atoms with van der Waals surface area (Å²) >= 11 is 0. The zero-order valence-electron chi connectivity index (χ0n) is 13.5. The topological polar surface area (TPSA) is 69.0 Å². The van der Waals surface area contributed by atoms with Gasteiger partial charge in [-0.2, -0.15) is 5.10 Å². The third-order valence-corrected chi connectivity index (χ3v) is 3.37. The summed E-state index contributed by atoms with van der Waals surface area (Å²) in [5.41, 5.74) is 2.79. The molecule has 2 heterocycles. The number of hydrogen-bond donors (Lipinski definition) is 1. The lowest BCUT2D eigenvalue weighted by Crippen LogP contribution is -2.12. The number of esters is 1. The number of allylic oxidation sites excluding steroid dienone is 1. The molecule has 0 aliphatic rings. The quantitative estimate of drug-likeness (QED) is 0.505. The first kappa shape index (κ1) is 16.0. The SMILES string of the molecule is C/C=C/CCNc1c(C(=O)OCC)cnc2c1c(C)nn2C. The third-order valence-electron chi connectivity index (χ3n) is 3.37. The van der Waals surface area contributed by atoms with Crippen molar-refractivity contribution in [3.05, 3.63) is 29.6 Å². The van der Waals surface area contributed by atoms with Gasteiger partial charge in [-0.05, 0) is 27.2 Å². The molecule has 6 heteroatoms. The van der Waals surface area contributed by atoms with Crippen molar-refractivity contribution < 1.29 is 9.53 Å². The minimum atomic E-state index is -0.367. The van der Waals surface area contributed by atoms with Crippen molar-refractivity contribution in [1.82, 2.24) is 14.8 Å². The first-order valence-electron chi connectivity index (χ1n) is 7.44. The minimum Gasteiger partial charge on any atom is -0.462 e. The van der Waals surface area contributed by atoms with Crippen LogP contribution in [0.1, 0.15) is 36.3 Å². The van der Waals surface area contributed by atoms with Crippen LogP contribution in [-0.4, -0.2) is 33.9 Å². The Hall–Kier alpha value is -2.37. The Morgan fingerprint density at radius 1 is 1.50 bits per heavy atom. The molecule has 2 aromatic rings. The van der Waals surface area contributed by atoms with Gasteiger partial charge in [-0.25, -0.2) is 9.78 Å². The normalized spacial score (nSPS) is 11.3. The zero-order valence-corrected chi connectivity index (χ0v) is 13.5. The van der Waals surface area contributed by atoms with Gasteiger partial charge in [-0.1, -0.05) is 12.2 Å². The summed E-state index contributed by atoms with van der Waals surface area (Å²) in [6.07, 6.45) is 6.51. The Balaban J connectivity index is 2.48. The van der Waals surface area contributed by atoms with Crippen molar-refractivity contribution in [2.75, 3.05) is 18.5 Å². The van der Waals surface area contributed by atoms with E-state index in [0.29, 0.717) is 12.2 Å². The monoisotopic (exact) mass is 302 g/mol. The van der Waals surface area contributed by atoms with Crippen LogP contribution in [-0.2, 0) is 11.8 Å². The van der Waals surface area contributed by atoms with Crippen LogP contribution in [0.15, 0.2) is 18.3 Å². The number of aryl methyl sites for hydroxylation is 2. The van der Waals surface area contributed by atoms with Gasteiger partial charge in [0.15, 0.2) is 5.65 Å². The van der Waals surface area contributed by atoms with Gasteiger partial charge in [0.1, 0.15) is 5.56 Å². The highest BCUT2D eigenvalue weighted by molar-refractivity contribution is 6.05. The molecule has 0 fully saturated rings. The molecule has 2 aromatic heterocycles. The maximum atomic E-state index is 12.2. The van der Waals surface area contributed by atoms with Crippen LogP contribution >= 0.6 is 0 Å². The van der Waals surface area contributed by atoms with E-state index in [9.17, 15) is 4.79 Å². The molecule has 0 aromatic carbocycles. The Labute approximate surface area is 130 Å². The van der Waals surface area contributed by atoms with E-state index >= 15 is 0 Å². The number of ether oxygens (including phenoxy) is 1. The van der Waals surface area contributed by atoms with E-state index in [1.165, 1.54) is 0 Å². The van der Waals surface area contributed by atoms with E-state index in [1.54, 1.807) is 17.8 Å². The maximum absolute atomic E-state index is 12.2. The standard InChI is InChI=1S/C16H22N4O2/c1-5-7-8-9-17-14-12(16(21)22-6-2)10-18-15-13(14)11(3)19-20(15)4/h5,7,10H,6,8-9H2,1-4H3,(H,17,18)/b7-5+. The van der Waals surface area contributed by atoms with Crippen molar-refractivity contribution in [3.8, 4) is 0 Å². The predicted octanol–water partition coefficient (Wildman–Crippen LogP) is 2.83. The van der Waals surface area contributed by atoms with Gasteiger partial charge in [0.05, 0.1) is 23.4 Å². The Morgan fingerprint density at radius 3 is 2.95 bits per heavy atom. The molecular weight excluding hydrogens is 280 g/mol. The fourth-order valence-electron chi connectivity index (χ4n) is 2.41. The smallest absolute Gasteiger partial charge is 0.341 e. The Kier molecular flexibility index (Phi) is 5.14. The fraction of sp³-hybridized carbons (Fsp3) is 0.438. The number of pyridine rings is 1. The van der Waals surface area contributed by atoms with Gasteiger partial charge in [0.2, 0.25) is 0 Å². The summed E-state index contributed by atoms with van der Waals surface area (Å²) in [6.45, 7) is 6.75. The maximum Gasteiger partial charge on any atom is 0.341 e. The number of nitrogens with zero attached hydrogens (tertiary/aromatic N) is 3. The molecule has 6 nitrogen and oxygen atoms in total. The van der Waals surface area contributed by atoms with Gasteiger partial charge in [-0.15, -0.1) is 0 Å². The molecule has 0 saturated carbocycles.